The molecular weight excluding hydrogens is 496 g/mol. The van der Waals surface area contributed by atoms with Gasteiger partial charge in [0.15, 0.2) is 0 Å². The lowest BCUT2D eigenvalue weighted by Gasteiger charge is -2.28. The van der Waals surface area contributed by atoms with E-state index in [1.165, 1.54) is 4.90 Å². The molecule has 1 amide bonds. The van der Waals surface area contributed by atoms with Crippen LogP contribution in [-0.2, 0) is 16.1 Å². The molecule has 5 rings (SSSR count). The Labute approximate surface area is 228 Å². The van der Waals surface area contributed by atoms with Crippen molar-refractivity contribution in [1.29, 1.82) is 0 Å². The Balaban J connectivity index is 1.61. The zero-order valence-corrected chi connectivity index (χ0v) is 22.5. The minimum atomic E-state index is -0.820. The van der Waals surface area contributed by atoms with Crippen LogP contribution in [0.3, 0.4) is 0 Å². The van der Waals surface area contributed by atoms with Gasteiger partial charge in [-0.3, -0.25) is 9.59 Å². The van der Waals surface area contributed by atoms with Crippen molar-refractivity contribution in [3.8, 4) is 17.2 Å². The Kier molecular flexibility index (Phi) is 7.19. The number of aliphatic hydroxyl groups is 1. The maximum Gasteiger partial charge on any atom is 0.295 e. The van der Waals surface area contributed by atoms with Crippen LogP contribution in [0.2, 0.25) is 0 Å². The molecule has 1 N–H and O–H groups in total. The molecule has 2 heterocycles. The minimum absolute atomic E-state index is 0.00711. The first-order valence-electron chi connectivity index (χ1n) is 12.9. The van der Waals surface area contributed by atoms with Crippen molar-refractivity contribution in [2.24, 2.45) is 0 Å². The zero-order chi connectivity index (χ0) is 27.7. The molecule has 0 aliphatic carbocycles. The third-order valence-electron chi connectivity index (χ3n) is 6.90. The maximum absolute atomic E-state index is 13.5. The molecule has 0 radical (unpaired) electrons. The number of ether oxygens (including phenoxy) is 3. The third kappa shape index (κ3) is 5.14. The number of hydrogen-bond acceptors (Lipinski definition) is 7. The first-order valence-corrected chi connectivity index (χ1v) is 12.9. The van der Waals surface area contributed by atoms with E-state index in [2.05, 4.69) is 0 Å². The van der Waals surface area contributed by atoms with Crippen molar-refractivity contribution in [3.63, 3.8) is 0 Å². The molecule has 1 saturated heterocycles. The summed E-state index contributed by atoms with van der Waals surface area (Å²) in [6.45, 7) is 5.31. The summed E-state index contributed by atoms with van der Waals surface area (Å²) in [5.74, 6) is 0.307. The van der Waals surface area contributed by atoms with Crippen LogP contribution in [0.4, 0.5) is 5.69 Å². The average molecular weight is 529 g/mol. The third-order valence-corrected chi connectivity index (χ3v) is 6.90. The normalized spacial score (nSPS) is 18.2. The number of methoxy groups -OCH3 is 1. The average Bonchev–Trinajstić information content (AvgIpc) is 3.17. The number of carbonyl (C=O) groups excluding carboxylic acids is 2. The number of anilines is 1. The first-order chi connectivity index (χ1) is 18.8. The summed E-state index contributed by atoms with van der Waals surface area (Å²) >= 11 is 0. The number of benzene rings is 3. The van der Waals surface area contributed by atoms with Crippen LogP contribution >= 0.6 is 0 Å². The Morgan fingerprint density at radius 1 is 1.05 bits per heavy atom. The van der Waals surface area contributed by atoms with Gasteiger partial charge in [0, 0.05) is 19.2 Å². The Morgan fingerprint density at radius 3 is 2.59 bits per heavy atom. The van der Waals surface area contributed by atoms with Gasteiger partial charge < -0.3 is 29.1 Å². The van der Waals surface area contributed by atoms with Crippen molar-refractivity contribution in [2.75, 3.05) is 32.2 Å². The highest BCUT2D eigenvalue weighted by molar-refractivity contribution is 6.46. The van der Waals surface area contributed by atoms with E-state index in [0.717, 1.165) is 11.3 Å². The van der Waals surface area contributed by atoms with Gasteiger partial charge in [-0.15, -0.1) is 0 Å². The lowest BCUT2D eigenvalue weighted by molar-refractivity contribution is -0.140. The SMILES string of the molecule is COc1cccc(C2/C(=C(/O)c3ccc4c(c3)N(C)CCO4)C(=O)C(=O)N2Cc2cccc(OC(C)C)c2)c1. The number of rotatable bonds is 7. The van der Waals surface area contributed by atoms with Crippen LogP contribution in [0.25, 0.3) is 5.76 Å². The van der Waals surface area contributed by atoms with Crippen LogP contribution in [0.1, 0.15) is 36.6 Å². The molecule has 3 aromatic rings. The number of likely N-dealkylation sites (tertiary alicyclic amines) is 1. The summed E-state index contributed by atoms with van der Waals surface area (Å²) in [4.78, 5) is 30.5. The van der Waals surface area contributed by atoms with Gasteiger partial charge in [-0.05, 0) is 67.4 Å². The van der Waals surface area contributed by atoms with Gasteiger partial charge in [0.2, 0.25) is 0 Å². The van der Waals surface area contributed by atoms with Gasteiger partial charge in [0.1, 0.15) is 29.6 Å². The number of ketones is 1. The number of fused-ring (bicyclic) bond motifs is 1. The molecule has 2 aliphatic rings. The number of carbonyl (C=O) groups is 2. The zero-order valence-electron chi connectivity index (χ0n) is 22.5. The van der Waals surface area contributed by atoms with Gasteiger partial charge in [-0.2, -0.15) is 0 Å². The van der Waals surface area contributed by atoms with Crippen molar-refractivity contribution in [1.82, 2.24) is 4.90 Å². The van der Waals surface area contributed by atoms with E-state index in [9.17, 15) is 14.7 Å². The highest BCUT2D eigenvalue weighted by Crippen LogP contribution is 2.42. The topological polar surface area (TPSA) is 88.5 Å². The monoisotopic (exact) mass is 528 g/mol. The molecule has 0 saturated carbocycles. The Bertz CT molecular complexity index is 1450. The number of hydrogen-bond donors (Lipinski definition) is 1. The molecule has 1 unspecified atom stereocenters. The standard InChI is InChI=1S/C31H32N2O6/c1-19(2)39-24-10-5-7-20(15-24)18-33-28(21-8-6-9-23(16-21)37-4)27(30(35)31(33)36)29(34)22-11-12-26-25(17-22)32(3)13-14-38-26/h5-12,15-17,19,28,34H,13-14,18H2,1-4H3/b29-27-. The fourth-order valence-electron chi connectivity index (χ4n) is 5.04. The molecule has 1 fully saturated rings. The summed E-state index contributed by atoms with van der Waals surface area (Å²) in [6.07, 6.45) is -0.00711. The van der Waals surface area contributed by atoms with Gasteiger partial charge in [0.05, 0.1) is 37.1 Å². The van der Waals surface area contributed by atoms with Gasteiger partial charge in [-0.25, -0.2) is 0 Å². The largest absolute Gasteiger partial charge is 0.507 e. The number of likely N-dealkylation sites (N-methyl/N-ethyl adjacent to an activating group) is 1. The Hall–Kier alpha value is -4.46. The van der Waals surface area contributed by atoms with E-state index in [4.69, 9.17) is 14.2 Å². The van der Waals surface area contributed by atoms with E-state index < -0.39 is 17.7 Å². The number of nitrogens with zero attached hydrogens (tertiary/aromatic N) is 2. The molecule has 0 aromatic heterocycles. The van der Waals surface area contributed by atoms with Crippen molar-refractivity contribution in [2.45, 2.75) is 32.5 Å². The Morgan fingerprint density at radius 2 is 1.82 bits per heavy atom. The van der Waals surface area contributed by atoms with Crippen molar-refractivity contribution >= 4 is 23.1 Å². The molecule has 202 valence electrons. The van der Waals surface area contributed by atoms with Crippen LogP contribution in [-0.4, -0.2) is 55.1 Å². The highest BCUT2D eigenvalue weighted by Gasteiger charge is 2.46. The first kappa shape index (κ1) is 26.2. The van der Waals surface area contributed by atoms with Crippen molar-refractivity contribution < 1.29 is 28.9 Å². The van der Waals surface area contributed by atoms with Crippen LogP contribution in [0.5, 0.6) is 17.2 Å². The van der Waals surface area contributed by atoms with Crippen molar-refractivity contribution in [3.05, 3.63) is 89.0 Å². The summed E-state index contributed by atoms with van der Waals surface area (Å²) < 4.78 is 17.0. The minimum Gasteiger partial charge on any atom is -0.507 e. The fourth-order valence-corrected chi connectivity index (χ4v) is 5.04. The quantitative estimate of drug-likeness (QED) is 0.264. The van der Waals surface area contributed by atoms with Gasteiger partial charge in [0.25, 0.3) is 11.7 Å². The van der Waals surface area contributed by atoms with E-state index in [1.54, 1.807) is 43.5 Å². The van der Waals surface area contributed by atoms with E-state index in [0.29, 0.717) is 41.5 Å². The maximum atomic E-state index is 13.5. The highest BCUT2D eigenvalue weighted by atomic mass is 16.5. The van der Waals surface area contributed by atoms with Crippen LogP contribution in [0, 0.1) is 0 Å². The molecule has 1 atom stereocenters. The van der Waals surface area contributed by atoms with E-state index in [-0.39, 0.29) is 24.0 Å². The summed E-state index contributed by atoms with van der Waals surface area (Å²) in [7, 11) is 3.50. The second kappa shape index (κ2) is 10.7. The molecule has 3 aromatic carbocycles. The fraction of sp³-hybridized carbons (Fsp3) is 0.290. The summed E-state index contributed by atoms with van der Waals surface area (Å²) in [6, 6.07) is 19.1. The number of Topliss-reactive ketones (excluding diaryl/α,β-unsaturated/α-hetero) is 1. The van der Waals surface area contributed by atoms with Crippen LogP contribution < -0.4 is 19.1 Å². The molecule has 0 bridgehead atoms. The molecule has 39 heavy (non-hydrogen) atoms. The van der Waals surface area contributed by atoms with Crippen LogP contribution in [0.15, 0.2) is 72.3 Å². The second-order valence-corrected chi connectivity index (χ2v) is 9.97. The van der Waals surface area contributed by atoms with E-state index in [1.807, 2.05) is 56.1 Å². The molecule has 0 spiro atoms. The summed E-state index contributed by atoms with van der Waals surface area (Å²) in [5, 5.41) is 11.6. The number of aliphatic hydroxyl groups excluding tert-OH is 1. The van der Waals surface area contributed by atoms with E-state index >= 15 is 0 Å². The smallest absolute Gasteiger partial charge is 0.295 e. The van der Waals surface area contributed by atoms with Gasteiger partial charge in [-0.1, -0.05) is 24.3 Å². The molecule has 2 aliphatic heterocycles. The predicted molar refractivity (Wildman–Crippen MR) is 148 cm³/mol. The molecular formula is C31H32N2O6. The van der Waals surface area contributed by atoms with Gasteiger partial charge >= 0.3 is 0 Å². The molecule has 8 heteroatoms. The lowest BCUT2D eigenvalue weighted by atomic mass is 9.94. The predicted octanol–water partition coefficient (Wildman–Crippen LogP) is 4.93. The summed E-state index contributed by atoms with van der Waals surface area (Å²) in [5.41, 5.74) is 2.73. The molecule has 8 nitrogen and oxygen atoms in total. The number of amides is 1. The lowest BCUT2D eigenvalue weighted by Crippen LogP contribution is -2.29. The second-order valence-electron chi connectivity index (χ2n) is 9.97.